The second kappa shape index (κ2) is 3.58. The zero-order chi connectivity index (χ0) is 9.97. The Morgan fingerprint density at radius 3 is 2.50 bits per heavy atom. The molecule has 69 valence electrons. The van der Waals surface area contributed by atoms with Gasteiger partial charge in [0.2, 0.25) is 0 Å². The van der Waals surface area contributed by atoms with Crippen molar-refractivity contribution in [2.75, 3.05) is 0 Å². The van der Waals surface area contributed by atoms with Crippen LogP contribution in [0.4, 0.5) is 0 Å². The van der Waals surface area contributed by atoms with E-state index < -0.39 is 0 Å². The fourth-order valence-corrected chi connectivity index (χ4v) is 1.22. The number of benzene rings is 1. The number of hydrogen-bond acceptors (Lipinski definition) is 2. The lowest BCUT2D eigenvalue weighted by molar-refractivity contribution is 1.09. The highest BCUT2D eigenvalue weighted by molar-refractivity contribution is 5.54. The van der Waals surface area contributed by atoms with E-state index in [4.69, 9.17) is 0 Å². The van der Waals surface area contributed by atoms with Crippen LogP contribution in [-0.4, -0.2) is 9.97 Å². The van der Waals surface area contributed by atoms with E-state index in [-0.39, 0.29) is 0 Å². The maximum absolute atomic E-state index is 4.37. The molecule has 0 saturated heterocycles. The Morgan fingerprint density at radius 2 is 1.86 bits per heavy atom. The summed E-state index contributed by atoms with van der Waals surface area (Å²) >= 11 is 0. The lowest BCUT2D eigenvalue weighted by atomic mass is 10.2. The van der Waals surface area contributed by atoms with Crippen LogP contribution in [-0.2, 0) is 0 Å². The average Bonchev–Trinajstić information content (AvgIpc) is 2.23. The van der Waals surface area contributed by atoms with Crippen LogP contribution >= 0.6 is 0 Å². The molecule has 0 spiro atoms. The molecule has 0 bridgehead atoms. The third-order valence-corrected chi connectivity index (χ3v) is 2.11. The molecule has 1 radical (unpaired) electrons. The first-order valence-electron chi connectivity index (χ1n) is 4.48. The topological polar surface area (TPSA) is 25.8 Å². The highest BCUT2D eigenvalue weighted by Gasteiger charge is 2.01. The second-order valence-electron chi connectivity index (χ2n) is 3.17. The number of aromatic nitrogens is 2. The van der Waals surface area contributed by atoms with E-state index in [0.29, 0.717) is 0 Å². The molecule has 0 aliphatic heterocycles. The fraction of sp³-hybridized carbons (Fsp3) is 0.0833. The molecule has 1 aromatic carbocycles. The molecule has 1 aromatic heterocycles. The van der Waals surface area contributed by atoms with Gasteiger partial charge in [-0.1, -0.05) is 30.3 Å². The van der Waals surface area contributed by atoms with E-state index in [2.05, 4.69) is 16.9 Å². The van der Waals surface area contributed by atoms with Crippen molar-refractivity contribution in [1.29, 1.82) is 0 Å². The first-order chi connectivity index (χ1) is 6.77. The molecule has 0 aliphatic carbocycles. The molecule has 14 heavy (non-hydrogen) atoms. The summed E-state index contributed by atoms with van der Waals surface area (Å²) in [5.41, 5.74) is 2.85. The highest BCUT2D eigenvalue weighted by atomic mass is 14.9. The van der Waals surface area contributed by atoms with Gasteiger partial charge in [0.15, 0.2) is 5.82 Å². The van der Waals surface area contributed by atoms with Crippen LogP contribution in [0.3, 0.4) is 0 Å². The van der Waals surface area contributed by atoms with E-state index in [0.717, 1.165) is 22.6 Å². The Morgan fingerprint density at radius 1 is 1.14 bits per heavy atom. The number of rotatable bonds is 1. The van der Waals surface area contributed by atoms with Gasteiger partial charge in [-0.05, 0) is 19.4 Å². The normalized spacial score (nSPS) is 10.1. The zero-order valence-corrected chi connectivity index (χ0v) is 8.07. The summed E-state index contributed by atoms with van der Waals surface area (Å²) in [6.45, 7) is 5.77. The van der Waals surface area contributed by atoms with Crippen molar-refractivity contribution in [1.82, 2.24) is 9.97 Å². The summed E-state index contributed by atoms with van der Waals surface area (Å²) < 4.78 is 0. The number of hydrogen-bond donors (Lipinski definition) is 0. The van der Waals surface area contributed by atoms with Gasteiger partial charge < -0.3 is 0 Å². The lowest BCUT2D eigenvalue weighted by Gasteiger charge is -2.02. The van der Waals surface area contributed by atoms with Gasteiger partial charge >= 0.3 is 0 Å². The van der Waals surface area contributed by atoms with Gasteiger partial charge in [0, 0.05) is 17.5 Å². The maximum Gasteiger partial charge on any atom is 0.159 e. The van der Waals surface area contributed by atoms with Crippen molar-refractivity contribution >= 4 is 0 Å². The van der Waals surface area contributed by atoms with Crippen LogP contribution in [0.25, 0.3) is 11.4 Å². The summed E-state index contributed by atoms with van der Waals surface area (Å²) in [5.74, 6) is 0.760. The van der Waals surface area contributed by atoms with E-state index in [1.807, 2.05) is 37.3 Å². The molecule has 0 N–H and O–H groups in total. The predicted molar refractivity (Wildman–Crippen MR) is 56.7 cm³/mol. The quantitative estimate of drug-likeness (QED) is 0.679. The van der Waals surface area contributed by atoms with Crippen molar-refractivity contribution in [3.63, 3.8) is 0 Å². The third kappa shape index (κ3) is 1.64. The van der Waals surface area contributed by atoms with Gasteiger partial charge in [-0.15, -0.1) is 0 Å². The average molecular weight is 183 g/mol. The summed E-state index contributed by atoms with van der Waals surface area (Å²) in [4.78, 5) is 8.61. The second-order valence-corrected chi connectivity index (χ2v) is 3.17. The Hall–Kier alpha value is -1.70. The first kappa shape index (κ1) is 8.88. The molecule has 0 fully saturated rings. The van der Waals surface area contributed by atoms with Crippen molar-refractivity contribution in [2.45, 2.75) is 6.92 Å². The smallest absolute Gasteiger partial charge is 0.159 e. The summed E-state index contributed by atoms with van der Waals surface area (Å²) in [6, 6.07) is 9.93. The number of nitrogens with zero attached hydrogens (tertiary/aromatic N) is 2. The van der Waals surface area contributed by atoms with E-state index >= 15 is 0 Å². The summed E-state index contributed by atoms with van der Waals surface area (Å²) in [7, 11) is 0. The van der Waals surface area contributed by atoms with Crippen molar-refractivity contribution in [3.8, 4) is 11.4 Å². The van der Waals surface area contributed by atoms with Crippen molar-refractivity contribution in [3.05, 3.63) is 54.7 Å². The molecule has 0 atom stereocenters. The minimum Gasteiger partial charge on any atom is -0.236 e. The maximum atomic E-state index is 4.37. The molecule has 2 aromatic rings. The van der Waals surface area contributed by atoms with Crippen LogP contribution < -0.4 is 0 Å². The Bertz CT molecular complexity index is 435. The predicted octanol–water partition coefficient (Wildman–Crippen LogP) is 2.63. The van der Waals surface area contributed by atoms with E-state index in [1.54, 1.807) is 6.20 Å². The summed E-state index contributed by atoms with van der Waals surface area (Å²) in [6.07, 6.45) is 1.75. The van der Waals surface area contributed by atoms with E-state index in [9.17, 15) is 0 Å². The molecule has 1 heterocycles. The largest absolute Gasteiger partial charge is 0.236 e. The molecule has 2 heteroatoms. The zero-order valence-electron chi connectivity index (χ0n) is 8.07. The molecule has 0 amide bonds. The van der Waals surface area contributed by atoms with E-state index in [1.165, 1.54) is 0 Å². The van der Waals surface area contributed by atoms with Gasteiger partial charge in [0.25, 0.3) is 0 Å². The monoisotopic (exact) mass is 183 g/mol. The minimum atomic E-state index is 0.760. The Kier molecular flexibility index (Phi) is 2.27. The van der Waals surface area contributed by atoms with Crippen molar-refractivity contribution in [2.24, 2.45) is 0 Å². The molecule has 0 saturated carbocycles. The van der Waals surface area contributed by atoms with Gasteiger partial charge in [-0.3, -0.25) is 0 Å². The number of aryl methyl sites for hydroxylation is 1. The third-order valence-electron chi connectivity index (χ3n) is 2.11. The lowest BCUT2D eigenvalue weighted by Crippen LogP contribution is -1.93. The van der Waals surface area contributed by atoms with Crippen LogP contribution in [0.5, 0.6) is 0 Å². The fourth-order valence-electron chi connectivity index (χ4n) is 1.22. The molecular formula is C12H11N2. The van der Waals surface area contributed by atoms with Crippen LogP contribution in [0.1, 0.15) is 11.3 Å². The van der Waals surface area contributed by atoms with Gasteiger partial charge in [0.05, 0.1) is 0 Å². The van der Waals surface area contributed by atoms with Crippen molar-refractivity contribution < 1.29 is 0 Å². The summed E-state index contributed by atoms with van der Waals surface area (Å²) in [5, 5.41) is 0. The Labute approximate surface area is 83.7 Å². The Balaban J connectivity index is 2.48. The highest BCUT2D eigenvalue weighted by Crippen LogP contribution is 2.14. The molecule has 2 nitrogen and oxygen atoms in total. The van der Waals surface area contributed by atoms with Crippen LogP contribution in [0.2, 0.25) is 0 Å². The molecule has 0 aliphatic rings. The van der Waals surface area contributed by atoms with Gasteiger partial charge in [-0.25, -0.2) is 9.97 Å². The van der Waals surface area contributed by atoms with Gasteiger partial charge in [-0.2, -0.15) is 0 Å². The van der Waals surface area contributed by atoms with Crippen LogP contribution in [0.15, 0.2) is 36.5 Å². The minimum absolute atomic E-state index is 0.760. The van der Waals surface area contributed by atoms with Gasteiger partial charge in [0.1, 0.15) is 0 Å². The standard InChI is InChI=1S/C12H11N2/c1-9-8-13-12(14-10(9)2)11-6-4-3-5-7-11/h3-8H,1H2,2H3. The molecular weight excluding hydrogens is 172 g/mol. The molecule has 0 unspecified atom stereocenters. The molecule has 2 rings (SSSR count). The SMILES string of the molecule is [CH2]c1cnc(-c2ccccc2)nc1C. The van der Waals surface area contributed by atoms with Crippen LogP contribution in [0, 0.1) is 13.8 Å². The first-order valence-corrected chi connectivity index (χ1v) is 4.48.